The highest BCUT2D eigenvalue weighted by Crippen LogP contribution is 2.14. The van der Waals surface area contributed by atoms with Crippen molar-refractivity contribution in [1.82, 2.24) is 19.1 Å². The van der Waals surface area contributed by atoms with Crippen LogP contribution in [0.4, 0.5) is 0 Å². The van der Waals surface area contributed by atoms with Crippen LogP contribution in [-0.2, 0) is 16.6 Å². The second-order valence-electron chi connectivity index (χ2n) is 4.07. The van der Waals surface area contributed by atoms with Gasteiger partial charge in [-0.3, -0.25) is 14.3 Å². The van der Waals surface area contributed by atoms with E-state index in [2.05, 4.69) is 9.97 Å². The number of rotatable bonds is 3. The molecule has 0 radical (unpaired) electrons. The first-order valence-electron chi connectivity index (χ1n) is 5.79. The van der Waals surface area contributed by atoms with Crippen LogP contribution >= 0.6 is 0 Å². The molecule has 0 aliphatic rings. The summed E-state index contributed by atoms with van der Waals surface area (Å²) >= 11 is 0. The van der Waals surface area contributed by atoms with E-state index >= 15 is 0 Å². The largest absolute Gasteiger partial charge is 0.464 e. The first-order chi connectivity index (χ1) is 8.97. The van der Waals surface area contributed by atoms with Gasteiger partial charge < -0.3 is 9.30 Å². The van der Waals surface area contributed by atoms with Gasteiger partial charge in [0.2, 0.25) is 0 Å². The average Bonchev–Trinajstić information content (AvgIpc) is 2.80. The summed E-state index contributed by atoms with van der Waals surface area (Å²) in [6.45, 7) is 3.56. The van der Waals surface area contributed by atoms with Crippen molar-refractivity contribution in [1.29, 1.82) is 0 Å². The van der Waals surface area contributed by atoms with Crippen LogP contribution in [0.15, 0.2) is 15.9 Å². The van der Waals surface area contributed by atoms with E-state index in [9.17, 15) is 14.4 Å². The lowest BCUT2D eigenvalue weighted by Gasteiger charge is -2.12. The molecule has 0 spiro atoms. The first kappa shape index (κ1) is 13.1. The zero-order valence-electron chi connectivity index (χ0n) is 10.8. The lowest BCUT2D eigenvalue weighted by molar-refractivity contribution is -0.146. The molecular formula is C11H14N4O4. The van der Waals surface area contributed by atoms with E-state index in [0.717, 1.165) is 0 Å². The SMILES string of the molecule is CCOC(=O)[C@H](C)n1cnc2c1c(=O)[nH]c(=O)n2C. The molecule has 0 saturated carbocycles. The molecular weight excluding hydrogens is 252 g/mol. The van der Waals surface area contributed by atoms with Gasteiger partial charge in [0.15, 0.2) is 11.2 Å². The van der Waals surface area contributed by atoms with Crippen molar-refractivity contribution in [3.05, 3.63) is 27.2 Å². The molecule has 1 N–H and O–H groups in total. The topological polar surface area (TPSA) is 99.0 Å². The molecule has 0 aliphatic carbocycles. The fourth-order valence-corrected chi connectivity index (χ4v) is 1.82. The number of esters is 1. The Morgan fingerprint density at radius 3 is 2.84 bits per heavy atom. The standard InChI is InChI=1S/C11H14N4O4/c1-4-19-10(17)6(2)15-5-12-8-7(15)9(16)13-11(18)14(8)3/h5-6H,4H2,1-3H3,(H,13,16,18)/t6-/m0/s1. The Morgan fingerprint density at radius 1 is 1.53 bits per heavy atom. The number of carbonyl (C=O) groups is 1. The summed E-state index contributed by atoms with van der Waals surface area (Å²) in [5, 5.41) is 0. The van der Waals surface area contributed by atoms with Crippen molar-refractivity contribution in [2.75, 3.05) is 6.61 Å². The molecule has 2 aromatic rings. The van der Waals surface area contributed by atoms with Gasteiger partial charge in [-0.05, 0) is 13.8 Å². The number of carbonyl (C=O) groups excluding carboxylic acids is 1. The molecule has 2 rings (SSSR count). The van der Waals surface area contributed by atoms with Gasteiger partial charge in [0.25, 0.3) is 5.56 Å². The van der Waals surface area contributed by atoms with Crippen LogP contribution in [0.5, 0.6) is 0 Å². The molecule has 2 aromatic heterocycles. The number of aryl methyl sites for hydroxylation is 1. The van der Waals surface area contributed by atoms with Crippen molar-refractivity contribution in [3.8, 4) is 0 Å². The van der Waals surface area contributed by atoms with Crippen LogP contribution in [0.25, 0.3) is 11.2 Å². The molecule has 0 aliphatic heterocycles. The van der Waals surface area contributed by atoms with Gasteiger partial charge >= 0.3 is 11.7 Å². The summed E-state index contributed by atoms with van der Waals surface area (Å²) in [5.41, 5.74) is -0.731. The minimum atomic E-state index is -0.691. The first-order valence-corrected chi connectivity index (χ1v) is 5.79. The maximum atomic E-state index is 11.8. The van der Waals surface area contributed by atoms with E-state index in [0.29, 0.717) is 0 Å². The molecule has 8 nitrogen and oxygen atoms in total. The van der Waals surface area contributed by atoms with Gasteiger partial charge in [-0.2, -0.15) is 0 Å². The van der Waals surface area contributed by atoms with Crippen LogP contribution in [-0.4, -0.2) is 31.7 Å². The third kappa shape index (κ3) is 2.05. The maximum absolute atomic E-state index is 11.8. The number of hydrogen-bond acceptors (Lipinski definition) is 5. The molecule has 8 heteroatoms. The zero-order valence-corrected chi connectivity index (χ0v) is 10.8. The quantitative estimate of drug-likeness (QED) is 0.758. The monoisotopic (exact) mass is 266 g/mol. The molecule has 19 heavy (non-hydrogen) atoms. The summed E-state index contributed by atoms with van der Waals surface area (Å²) in [6.07, 6.45) is 1.35. The van der Waals surface area contributed by atoms with Gasteiger partial charge in [-0.15, -0.1) is 0 Å². The molecule has 102 valence electrons. The summed E-state index contributed by atoms with van der Waals surface area (Å²) < 4.78 is 7.51. The third-order valence-electron chi connectivity index (χ3n) is 2.88. The normalized spacial score (nSPS) is 12.6. The minimum absolute atomic E-state index is 0.169. The van der Waals surface area contributed by atoms with Crippen LogP contribution < -0.4 is 11.2 Å². The Hall–Kier alpha value is -2.38. The van der Waals surface area contributed by atoms with Gasteiger partial charge in [-0.25, -0.2) is 14.6 Å². The van der Waals surface area contributed by atoms with Crippen LogP contribution in [0.3, 0.4) is 0 Å². The predicted molar refractivity (Wildman–Crippen MR) is 66.9 cm³/mol. The predicted octanol–water partition coefficient (Wildman–Crippen LogP) is -0.453. The van der Waals surface area contributed by atoms with Crippen molar-refractivity contribution < 1.29 is 9.53 Å². The third-order valence-corrected chi connectivity index (χ3v) is 2.88. The number of hydrogen-bond donors (Lipinski definition) is 1. The van der Waals surface area contributed by atoms with Crippen molar-refractivity contribution in [3.63, 3.8) is 0 Å². The van der Waals surface area contributed by atoms with E-state index in [4.69, 9.17) is 4.74 Å². The number of H-pyrrole nitrogens is 1. The van der Waals surface area contributed by atoms with E-state index in [-0.39, 0.29) is 17.8 Å². The maximum Gasteiger partial charge on any atom is 0.329 e. The number of nitrogens with one attached hydrogen (secondary N) is 1. The second-order valence-corrected chi connectivity index (χ2v) is 4.07. The summed E-state index contributed by atoms with van der Waals surface area (Å²) in [4.78, 5) is 41.1. The lowest BCUT2D eigenvalue weighted by atomic mass is 10.3. The Labute approximate surface area is 107 Å². The summed E-state index contributed by atoms with van der Waals surface area (Å²) in [5.74, 6) is -0.463. The molecule has 0 unspecified atom stereocenters. The average molecular weight is 266 g/mol. The van der Waals surface area contributed by atoms with Crippen LogP contribution in [0.2, 0.25) is 0 Å². The molecule has 0 bridgehead atoms. The molecule has 0 fully saturated rings. The number of nitrogens with zero attached hydrogens (tertiary/aromatic N) is 3. The number of aromatic amines is 1. The highest BCUT2D eigenvalue weighted by molar-refractivity contribution is 5.78. The fraction of sp³-hybridized carbons (Fsp3) is 0.455. The number of imidazole rings is 1. The highest BCUT2D eigenvalue weighted by Gasteiger charge is 2.21. The van der Waals surface area contributed by atoms with Gasteiger partial charge in [0.05, 0.1) is 12.9 Å². The minimum Gasteiger partial charge on any atom is -0.464 e. The van der Waals surface area contributed by atoms with Crippen molar-refractivity contribution >= 4 is 17.1 Å². The van der Waals surface area contributed by atoms with E-state index in [1.54, 1.807) is 13.8 Å². The van der Waals surface area contributed by atoms with Crippen molar-refractivity contribution in [2.45, 2.75) is 19.9 Å². The Balaban J connectivity index is 2.64. The fourth-order valence-electron chi connectivity index (χ4n) is 1.82. The zero-order chi connectivity index (χ0) is 14.2. The van der Waals surface area contributed by atoms with Gasteiger partial charge in [0, 0.05) is 7.05 Å². The van der Waals surface area contributed by atoms with E-state index < -0.39 is 23.3 Å². The Morgan fingerprint density at radius 2 is 2.21 bits per heavy atom. The van der Waals surface area contributed by atoms with Crippen LogP contribution in [0, 0.1) is 0 Å². The van der Waals surface area contributed by atoms with Gasteiger partial charge in [0.1, 0.15) is 6.04 Å². The summed E-state index contributed by atoms with van der Waals surface area (Å²) in [6, 6.07) is -0.691. The number of fused-ring (bicyclic) bond motifs is 1. The smallest absolute Gasteiger partial charge is 0.329 e. The molecule has 2 heterocycles. The molecule has 1 atom stereocenters. The van der Waals surface area contributed by atoms with Crippen molar-refractivity contribution in [2.24, 2.45) is 7.05 Å². The second kappa shape index (κ2) is 4.71. The molecule has 0 saturated heterocycles. The highest BCUT2D eigenvalue weighted by atomic mass is 16.5. The Kier molecular flexibility index (Phi) is 3.24. The molecule has 0 amide bonds. The van der Waals surface area contributed by atoms with Gasteiger partial charge in [-0.1, -0.05) is 0 Å². The van der Waals surface area contributed by atoms with E-state index in [1.165, 1.54) is 22.5 Å². The molecule has 0 aromatic carbocycles. The number of ether oxygens (including phenoxy) is 1. The Bertz CT molecular complexity index is 739. The van der Waals surface area contributed by atoms with Crippen LogP contribution in [0.1, 0.15) is 19.9 Å². The van der Waals surface area contributed by atoms with E-state index in [1.807, 2.05) is 0 Å². The number of aromatic nitrogens is 4. The summed E-state index contributed by atoms with van der Waals surface area (Å²) in [7, 11) is 1.49. The lowest BCUT2D eigenvalue weighted by Crippen LogP contribution is -2.30.